The summed E-state index contributed by atoms with van der Waals surface area (Å²) >= 11 is 1.10. The number of aromatic nitrogens is 2. The second kappa shape index (κ2) is 7.51. The quantitative estimate of drug-likeness (QED) is 0.752. The van der Waals surface area contributed by atoms with Gasteiger partial charge in [0.2, 0.25) is 5.91 Å². The van der Waals surface area contributed by atoms with E-state index >= 15 is 0 Å². The highest BCUT2D eigenvalue weighted by atomic mass is 32.2. The third-order valence-corrected chi connectivity index (χ3v) is 5.44. The van der Waals surface area contributed by atoms with E-state index in [1.807, 2.05) is 4.90 Å². The summed E-state index contributed by atoms with van der Waals surface area (Å²) in [6.07, 6.45) is 4.13. The predicted molar refractivity (Wildman–Crippen MR) is 91.4 cm³/mol. The number of carbonyl (C=O) groups is 1. The number of halogens is 2. The number of imidazole rings is 1. The molecule has 0 saturated carbocycles. The second-order valence-electron chi connectivity index (χ2n) is 5.96. The van der Waals surface area contributed by atoms with Gasteiger partial charge in [0.05, 0.1) is 16.8 Å². The molecule has 1 unspecified atom stereocenters. The number of thioether (sulfide) groups is 1. The van der Waals surface area contributed by atoms with Crippen molar-refractivity contribution in [1.82, 2.24) is 14.5 Å². The molecule has 4 nitrogen and oxygen atoms in total. The van der Waals surface area contributed by atoms with Crippen LogP contribution in [-0.4, -0.2) is 38.7 Å². The lowest BCUT2D eigenvalue weighted by atomic mass is 10.0. The number of fused-ring (bicyclic) bond motifs is 1. The Morgan fingerprint density at radius 2 is 2.17 bits per heavy atom. The van der Waals surface area contributed by atoms with Gasteiger partial charge in [0.15, 0.2) is 5.16 Å². The van der Waals surface area contributed by atoms with Crippen molar-refractivity contribution in [2.75, 3.05) is 12.3 Å². The highest BCUT2D eigenvalue weighted by Crippen LogP contribution is 2.30. The SMILES string of the molecule is CCC1CCCCN1C(=O)CSc1nc2ccccc2n1C(F)F. The number of amides is 1. The van der Waals surface area contributed by atoms with Gasteiger partial charge in [0.1, 0.15) is 0 Å². The van der Waals surface area contributed by atoms with Crippen LogP contribution in [0.15, 0.2) is 29.4 Å². The van der Waals surface area contributed by atoms with Gasteiger partial charge < -0.3 is 4.90 Å². The zero-order chi connectivity index (χ0) is 17.1. The molecule has 1 aliphatic rings. The average molecular weight is 353 g/mol. The number of hydrogen-bond donors (Lipinski definition) is 0. The number of hydrogen-bond acceptors (Lipinski definition) is 3. The van der Waals surface area contributed by atoms with Crippen molar-refractivity contribution in [3.63, 3.8) is 0 Å². The van der Waals surface area contributed by atoms with E-state index in [0.717, 1.165) is 48.6 Å². The summed E-state index contributed by atoms with van der Waals surface area (Å²) in [5, 5.41) is 0.199. The number of rotatable bonds is 5. The molecule has 24 heavy (non-hydrogen) atoms. The third-order valence-electron chi connectivity index (χ3n) is 4.50. The predicted octanol–water partition coefficient (Wildman–Crippen LogP) is 4.31. The topological polar surface area (TPSA) is 38.1 Å². The Kier molecular flexibility index (Phi) is 5.38. The van der Waals surface area contributed by atoms with Crippen LogP contribution in [0.2, 0.25) is 0 Å². The van der Waals surface area contributed by atoms with E-state index < -0.39 is 6.55 Å². The van der Waals surface area contributed by atoms with Gasteiger partial charge in [0, 0.05) is 12.6 Å². The Hall–Kier alpha value is -1.63. The summed E-state index contributed by atoms with van der Waals surface area (Å²) in [7, 11) is 0. The Morgan fingerprint density at radius 1 is 1.38 bits per heavy atom. The molecular formula is C17H21F2N3OS. The fourth-order valence-electron chi connectivity index (χ4n) is 3.28. The first-order chi connectivity index (χ1) is 11.6. The summed E-state index contributed by atoms with van der Waals surface area (Å²) in [4.78, 5) is 18.7. The molecule has 1 aromatic carbocycles. The van der Waals surface area contributed by atoms with E-state index in [0.29, 0.717) is 11.0 Å². The van der Waals surface area contributed by atoms with Gasteiger partial charge in [-0.2, -0.15) is 8.78 Å². The van der Waals surface area contributed by atoms with Crippen LogP contribution in [-0.2, 0) is 4.79 Å². The standard InChI is InChI=1S/C17H21F2N3OS/c1-2-12-7-5-6-10-21(12)15(23)11-24-17-20-13-8-3-4-9-14(13)22(17)16(18)19/h3-4,8-9,12,16H,2,5-7,10-11H2,1H3. The number of nitrogens with zero attached hydrogens (tertiary/aromatic N) is 3. The van der Waals surface area contributed by atoms with Gasteiger partial charge in [-0.1, -0.05) is 30.8 Å². The average Bonchev–Trinajstić information content (AvgIpc) is 2.98. The molecule has 0 radical (unpaired) electrons. The summed E-state index contributed by atoms with van der Waals surface area (Å²) in [5.41, 5.74) is 0.920. The van der Waals surface area contributed by atoms with Crippen LogP contribution in [0.5, 0.6) is 0 Å². The first kappa shape index (κ1) is 17.2. The van der Waals surface area contributed by atoms with E-state index in [9.17, 15) is 13.6 Å². The molecule has 7 heteroatoms. The molecule has 1 amide bonds. The maximum absolute atomic E-state index is 13.4. The molecule has 3 rings (SSSR count). The fraction of sp³-hybridized carbons (Fsp3) is 0.529. The van der Waals surface area contributed by atoms with Gasteiger partial charge in [-0.15, -0.1) is 0 Å². The molecule has 0 N–H and O–H groups in total. The zero-order valence-corrected chi connectivity index (χ0v) is 14.4. The number of para-hydroxylation sites is 2. The number of piperidine rings is 1. The second-order valence-corrected chi connectivity index (χ2v) is 6.91. The van der Waals surface area contributed by atoms with Crippen LogP contribution < -0.4 is 0 Å². The molecule has 1 saturated heterocycles. The van der Waals surface area contributed by atoms with E-state index in [1.54, 1.807) is 24.3 Å². The molecule has 2 heterocycles. The highest BCUT2D eigenvalue weighted by Gasteiger charge is 2.26. The zero-order valence-electron chi connectivity index (χ0n) is 13.6. The van der Waals surface area contributed by atoms with Gasteiger partial charge in [0.25, 0.3) is 0 Å². The largest absolute Gasteiger partial charge is 0.339 e. The highest BCUT2D eigenvalue weighted by molar-refractivity contribution is 7.99. The Morgan fingerprint density at radius 3 is 2.92 bits per heavy atom. The fourth-order valence-corrected chi connectivity index (χ4v) is 4.17. The summed E-state index contributed by atoms with van der Waals surface area (Å²) in [5.74, 6) is 0.159. The van der Waals surface area contributed by atoms with E-state index in [-0.39, 0.29) is 22.9 Å². The molecule has 0 aliphatic carbocycles. The van der Waals surface area contributed by atoms with Crippen LogP contribution in [0.4, 0.5) is 8.78 Å². The van der Waals surface area contributed by atoms with E-state index in [2.05, 4.69) is 11.9 Å². The lowest BCUT2D eigenvalue weighted by Crippen LogP contribution is -2.44. The van der Waals surface area contributed by atoms with Gasteiger partial charge in [-0.05, 0) is 37.8 Å². The van der Waals surface area contributed by atoms with Crippen LogP contribution in [0.25, 0.3) is 11.0 Å². The molecule has 1 fully saturated rings. The summed E-state index contributed by atoms with van der Waals surface area (Å²) in [6, 6.07) is 7.09. The molecule has 0 bridgehead atoms. The van der Waals surface area contributed by atoms with Crippen molar-refractivity contribution >= 4 is 28.7 Å². The van der Waals surface area contributed by atoms with Crippen LogP contribution >= 0.6 is 11.8 Å². The molecule has 2 aromatic rings. The lowest BCUT2D eigenvalue weighted by Gasteiger charge is -2.35. The normalized spacial score (nSPS) is 18.5. The van der Waals surface area contributed by atoms with Gasteiger partial charge >= 0.3 is 6.55 Å². The first-order valence-corrected chi connectivity index (χ1v) is 9.27. The minimum Gasteiger partial charge on any atom is -0.339 e. The summed E-state index contributed by atoms with van der Waals surface area (Å²) in [6.45, 7) is 0.177. The molecule has 1 aromatic heterocycles. The number of benzene rings is 1. The van der Waals surface area contributed by atoms with Crippen molar-refractivity contribution in [3.05, 3.63) is 24.3 Å². The molecule has 1 atom stereocenters. The smallest absolute Gasteiger partial charge is 0.321 e. The van der Waals surface area contributed by atoms with Crippen LogP contribution in [0, 0.1) is 0 Å². The van der Waals surface area contributed by atoms with Crippen molar-refractivity contribution in [2.24, 2.45) is 0 Å². The van der Waals surface area contributed by atoms with Gasteiger partial charge in [-0.25, -0.2) is 4.98 Å². The minimum absolute atomic E-state index is 0.0134. The Labute approximate surface area is 144 Å². The van der Waals surface area contributed by atoms with E-state index in [1.165, 1.54) is 0 Å². The third kappa shape index (κ3) is 3.41. The number of carbonyl (C=O) groups excluding carboxylic acids is 1. The Balaban J connectivity index is 1.75. The van der Waals surface area contributed by atoms with Crippen molar-refractivity contribution in [2.45, 2.75) is 50.4 Å². The molecule has 0 spiro atoms. The number of likely N-dealkylation sites (tertiary alicyclic amines) is 1. The molecule has 1 aliphatic heterocycles. The first-order valence-electron chi connectivity index (χ1n) is 8.29. The van der Waals surface area contributed by atoms with Crippen LogP contribution in [0.3, 0.4) is 0 Å². The van der Waals surface area contributed by atoms with Crippen molar-refractivity contribution in [3.8, 4) is 0 Å². The maximum Gasteiger partial charge on any atom is 0.321 e. The minimum atomic E-state index is -2.67. The lowest BCUT2D eigenvalue weighted by molar-refractivity contribution is -0.132. The Bertz CT molecular complexity index is 719. The molecular weight excluding hydrogens is 332 g/mol. The van der Waals surface area contributed by atoms with Crippen LogP contribution in [0.1, 0.15) is 39.2 Å². The molecule has 130 valence electrons. The summed E-state index contributed by atoms with van der Waals surface area (Å²) < 4.78 is 27.7. The van der Waals surface area contributed by atoms with Gasteiger partial charge in [-0.3, -0.25) is 9.36 Å². The van der Waals surface area contributed by atoms with Crippen molar-refractivity contribution in [1.29, 1.82) is 0 Å². The maximum atomic E-state index is 13.4. The monoisotopic (exact) mass is 353 g/mol. The van der Waals surface area contributed by atoms with E-state index in [4.69, 9.17) is 0 Å². The van der Waals surface area contributed by atoms with Crippen molar-refractivity contribution < 1.29 is 13.6 Å². The number of alkyl halides is 2.